The lowest BCUT2D eigenvalue weighted by molar-refractivity contribution is 0.000505. The molecule has 18 heavy (non-hydrogen) atoms. The molecule has 0 aromatic carbocycles. The Bertz CT molecular complexity index is 503. The van der Waals surface area contributed by atoms with Gasteiger partial charge >= 0.3 is 5.69 Å². The van der Waals surface area contributed by atoms with Crippen molar-refractivity contribution in [2.45, 2.75) is 44.2 Å². The van der Waals surface area contributed by atoms with Crippen LogP contribution in [0.15, 0.2) is 11.0 Å². The third-order valence-electron chi connectivity index (χ3n) is 3.31. The molecule has 0 saturated carbocycles. The van der Waals surface area contributed by atoms with Crippen molar-refractivity contribution in [3.63, 3.8) is 0 Å². The molecule has 1 aromatic heterocycles. The summed E-state index contributed by atoms with van der Waals surface area (Å²) in [6.07, 6.45) is -1.22. The third-order valence-corrected chi connectivity index (χ3v) is 3.31. The predicted octanol–water partition coefficient (Wildman–Crippen LogP) is 0.291. The molecule has 1 aliphatic rings. The molecule has 0 aliphatic carbocycles. The van der Waals surface area contributed by atoms with Crippen LogP contribution < -0.4 is 11.4 Å². The van der Waals surface area contributed by atoms with Crippen LogP contribution in [0.25, 0.3) is 0 Å². The minimum atomic E-state index is -1.98. The van der Waals surface area contributed by atoms with Crippen molar-refractivity contribution >= 4 is 5.82 Å². The summed E-state index contributed by atoms with van der Waals surface area (Å²) in [6.45, 7) is 3.05. The van der Waals surface area contributed by atoms with E-state index in [4.69, 9.17) is 10.5 Å². The van der Waals surface area contributed by atoms with Gasteiger partial charge in [-0.3, -0.25) is 4.98 Å². The van der Waals surface area contributed by atoms with Crippen LogP contribution in [0.3, 0.4) is 0 Å². The van der Waals surface area contributed by atoms with Gasteiger partial charge in [-0.1, -0.05) is 6.92 Å². The number of aromatic nitrogens is 2. The van der Waals surface area contributed by atoms with Crippen LogP contribution in [0.1, 0.15) is 31.9 Å². The first-order valence-corrected chi connectivity index (χ1v) is 5.75. The second kappa shape index (κ2) is 4.33. The largest absolute Gasteiger partial charge is 0.387 e. The highest BCUT2D eigenvalue weighted by atomic mass is 19.1. The summed E-state index contributed by atoms with van der Waals surface area (Å²) in [4.78, 5) is 16.8. The summed E-state index contributed by atoms with van der Waals surface area (Å²) in [5.41, 5.74) is 3.29. The van der Waals surface area contributed by atoms with Gasteiger partial charge in [0, 0.05) is 11.8 Å². The molecular formula is C11H16FN3O3. The van der Waals surface area contributed by atoms with E-state index in [1.165, 1.54) is 13.1 Å². The van der Waals surface area contributed by atoms with Crippen molar-refractivity contribution in [2.24, 2.45) is 0 Å². The van der Waals surface area contributed by atoms with Crippen LogP contribution in [-0.4, -0.2) is 33.0 Å². The third kappa shape index (κ3) is 1.89. The maximum absolute atomic E-state index is 14.5. The minimum absolute atomic E-state index is 0.00725. The van der Waals surface area contributed by atoms with E-state index in [0.29, 0.717) is 6.42 Å². The lowest BCUT2D eigenvalue weighted by atomic mass is 9.90. The number of alkyl halides is 1. The number of aliphatic hydroxyl groups is 1. The Labute approximate surface area is 103 Å². The standard InChI is InChI=1S/C11H16FN3O3/c1-3-6-7(16)11(2,12)8(18-6)5-4-14-10(17)15-9(5)13/h4,6-8,16H,3H2,1-2H3,(H3,13,14,15,17)/t6-,7-,8-,11-/m1/s1. The number of aliphatic hydroxyl groups excluding tert-OH is 1. The quantitative estimate of drug-likeness (QED) is 0.707. The summed E-state index contributed by atoms with van der Waals surface area (Å²) >= 11 is 0. The molecule has 7 heteroatoms. The average Bonchev–Trinajstić information content (AvgIpc) is 2.52. The Morgan fingerprint density at radius 2 is 2.39 bits per heavy atom. The van der Waals surface area contributed by atoms with Crippen molar-refractivity contribution in [1.82, 2.24) is 9.97 Å². The normalized spacial score (nSPS) is 35.9. The van der Waals surface area contributed by atoms with E-state index < -0.39 is 29.7 Å². The molecule has 2 rings (SSSR count). The molecule has 0 bridgehead atoms. The van der Waals surface area contributed by atoms with E-state index in [2.05, 4.69) is 9.97 Å². The van der Waals surface area contributed by atoms with Gasteiger partial charge in [0.2, 0.25) is 0 Å². The zero-order valence-electron chi connectivity index (χ0n) is 10.2. The number of nitrogens with one attached hydrogen (secondary N) is 1. The number of nitrogens with two attached hydrogens (primary N) is 1. The van der Waals surface area contributed by atoms with Gasteiger partial charge in [0.05, 0.1) is 6.10 Å². The Morgan fingerprint density at radius 1 is 1.72 bits per heavy atom. The molecule has 0 amide bonds. The molecule has 4 N–H and O–H groups in total. The molecule has 1 aliphatic heterocycles. The minimum Gasteiger partial charge on any atom is -0.387 e. The lowest BCUT2D eigenvalue weighted by Gasteiger charge is -2.24. The number of ether oxygens (including phenoxy) is 1. The Kier molecular flexibility index (Phi) is 3.12. The maximum atomic E-state index is 14.5. The predicted molar refractivity (Wildman–Crippen MR) is 62.7 cm³/mol. The molecule has 1 fully saturated rings. The number of aromatic amines is 1. The molecule has 0 unspecified atom stereocenters. The van der Waals surface area contributed by atoms with Gasteiger partial charge in [-0.15, -0.1) is 0 Å². The molecular weight excluding hydrogens is 241 g/mol. The van der Waals surface area contributed by atoms with E-state index >= 15 is 0 Å². The molecule has 0 spiro atoms. The van der Waals surface area contributed by atoms with Gasteiger partial charge in [-0.25, -0.2) is 14.2 Å². The SMILES string of the molecule is CC[C@H]1O[C@H](c2cnc(=O)[nH]c2N)[C@](C)(F)[C@@H]1O. The van der Waals surface area contributed by atoms with Crippen LogP contribution in [0, 0.1) is 0 Å². The fourth-order valence-corrected chi connectivity index (χ4v) is 2.22. The first kappa shape index (κ1) is 13.0. The van der Waals surface area contributed by atoms with E-state index in [0.717, 1.165) is 0 Å². The molecule has 0 radical (unpaired) electrons. The van der Waals surface area contributed by atoms with E-state index in [9.17, 15) is 14.3 Å². The smallest absolute Gasteiger partial charge is 0.346 e. The van der Waals surface area contributed by atoms with Gasteiger partial charge < -0.3 is 15.6 Å². The van der Waals surface area contributed by atoms with E-state index in [1.54, 1.807) is 6.92 Å². The molecule has 6 nitrogen and oxygen atoms in total. The summed E-state index contributed by atoms with van der Waals surface area (Å²) in [5.74, 6) is 0.00725. The average molecular weight is 257 g/mol. The number of nitrogen functional groups attached to an aromatic ring is 1. The zero-order valence-corrected chi connectivity index (χ0v) is 10.2. The highest BCUT2D eigenvalue weighted by Gasteiger charge is 2.54. The van der Waals surface area contributed by atoms with E-state index in [-0.39, 0.29) is 11.4 Å². The highest BCUT2D eigenvalue weighted by Crippen LogP contribution is 2.45. The number of hydrogen-bond acceptors (Lipinski definition) is 5. The van der Waals surface area contributed by atoms with Crippen molar-refractivity contribution in [2.75, 3.05) is 5.73 Å². The summed E-state index contributed by atoms with van der Waals surface area (Å²) in [6, 6.07) is 0. The number of anilines is 1. The van der Waals surface area contributed by atoms with Crippen LogP contribution in [0.5, 0.6) is 0 Å². The Balaban J connectivity index is 2.42. The fourth-order valence-electron chi connectivity index (χ4n) is 2.22. The van der Waals surface area contributed by atoms with Gasteiger partial charge in [0.25, 0.3) is 0 Å². The second-order valence-corrected chi connectivity index (χ2v) is 4.62. The number of halogens is 1. The lowest BCUT2D eigenvalue weighted by Crippen LogP contribution is -2.38. The monoisotopic (exact) mass is 257 g/mol. The summed E-state index contributed by atoms with van der Waals surface area (Å²) in [7, 11) is 0. The number of H-pyrrole nitrogens is 1. The number of nitrogens with zero attached hydrogens (tertiary/aromatic N) is 1. The molecule has 4 atom stereocenters. The van der Waals surface area contributed by atoms with Crippen LogP contribution in [0.4, 0.5) is 10.2 Å². The first-order valence-electron chi connectivity index (χ1n) is 5.75. The Morgan fingerprint density at radius 3 is 2.89 bits per heavy atom. The molecule has 2 heterocycles. The van der Waals surface area contributed by atoms with E-state index in [1.807, 2.05) is 0 Å². The van der Waals surface area contributed by atoms with Crippen LogP contribution in [0.2, 0.25) is 0 Å². The number of rotatable bonds is 2. The Hall–Kier alpha value is -1.47. The first-order chi connectivity index (χ1) is 8.37. The summed E-state index contributed by atoms with van der Waals surface area (Å²) < 4.78 is 20.0. The van der Waals surface area contributed by atoms with Crippen molar-refractivity contribution in [3.8, 4) is 0 Å². The zero-order chi connectivity index (χ0) is 13.5. The van der Waals surface area contributed by atoms with Crippen molar-refractivity contribution < 1.29 is 14.2 Å². The van der Waals surface area contributed by atoms with Crippen molar-refractivity contribution in [3.05, 3.63) is 22.2 Å². The maximum Gasteiger partial charge on any atom is 0.346 e. The van der Waals surface area contributed by atoms with Crippen LogP contribution in [-0.2, 0) is 4.74 Å². The van der Waals surface area contributed by atoms with Gasteiger partial charge in [-0.2, -0.15) is 0 Å². The van der Waals surface area contributed by atoms with Gasteiger partial charge in [0.15, 0.2) is 5.67 Å². The van der Waals surface area contributed by atoms with Gasteiger partial charge in [0.1, 0.15) is 18.0 Å². The van der Waals surface area contributed by atoms with Crippen LogP contribution >= 0.6 is 0 Å². The fraction of sp³-hybridized carbons (Fsp3) is 0.636. The topological polar surface area (TPSA) is 101 Å². The molecule has 100 valence electrons. The van der Waals surface area contributed by atoms with Crippen molar-refractivity contribution in [1.29, 1.82) is 0 Å². The summed E-state index contributed by atoms with van der Waals surface area (Å²) in [5, 5.41) is 9.86. The highest BCUT2D eigenvalue weighted by molar-refractivity contribution is 5.40. The van der Waals surface area contributed by atoms with Gasteiger partial charge in [-0.05, 0) is 13.3 Å². The molecule has 1 saturated heterocycles. The number of hydrogen-bond donors (Lipinski definition) is 3. The second-order valence-electron chi connectivity index (χ2n) is 4.62. The molecule has 1 aromatic rings.